The number of nitrogens with zero attached hydrogens (tertiary/aromatic N) is 1. The Morgan fingerprint density at radius 3 is 2.93 bits per heavy atom. The predicted octanol–water partition coefficient (Wildman–Crippen LogP) is 0.436. The molecule has 0 spiro atoms. The lowest BCUT2D eigenvalue weighted by Gasteiger charge is -2.05. The zero-order valence-corrected chi connectivity index (χ0v) is 8.19. The molecule has 0 radical (unpaired) electrons. The number of carbonyl (C=O) groups is 1. The van der Waals surface area contributed by atoms with Crippen LogP contribution in [0.5, 0.6) is 5.75 Å². The third-order valence-electron chi connectivity index (χ3n) is 1.72. The molecule has 1 aromatic rings. The lowest BCUT2D eigenvalue weighted by molar-refractivity contribution is 0.249. The largest absolute Gasteiger partial charge is 0.507 e. The molecule has 5 N–H and O–H groups in total. The van der Waals surface area contributed by atoms with Gasteiger partial charge in [0.1, 0.15) is 5.75 Å². The average Bonchev–Trinajstić information content (AvgIpc) is 2.20. The monoisotopic (exact) mass is 208 g/mol. The normalized spacial score (nSPS) is 10.2. The Balaban J connectivity index is 2.92. The van der Waals surface area contributed by atoms with Gasteiger partial charge in [-0.3, -0.25) is 0 Å². The van der Waals surface area contributed by atoms with Crippen LogP contribution in [0.3, 0.4) is 0 Å². The van der Waals surface area contributed by atoms with Gasteiger partial charge in [-0.2, -0.15) is 5.10 Å². The molecule has 0 aliphatic rings. The summed E-state index contributed by atoms with van der Waals surface area (Å²) in [7, 11) is 1.72. The molecule has 0 saturated carbocycles. The van der Waals surface area contributed by atoms with Crippen molar-refractivity contribution < 1.29 is 9.90 Å². The maximum atomic E-state index is 10.3. The average molecular weight is 208 g/mol. The van der Waals surface area contributed by atoms with Crippen LogP contribution in [0.4, 0.5) is 10.5 Å². The summed E-state index contributed by atoms with van der Waals surface area (Å²) in [6, 6.07) is 4.23. The zero-order valence-electron chi connectivity index (χ0n) is 8.19. The van der Waals surface area contributed by atoms with Crippen LogP contribution in [0.1, 0.15) is 5.56 Å². The molecule has 0 aliphatic carbocycles. The minimum absolute atomic E-state index is 0.0665. The van der Waals surface area contributed by atoms with Gasteiger partial charge in [0, 0.05) is 12.7 Å². The highest BCUT2D eigenvalue weighted by Crippen LogP contribution is 2.22. The summed E-state index contributed by atoms with van der Waals surface area (Å²) < 4.78 is 0. The molecule has 0 saturated heterocycles. The van der Waals surface area contributed by atoms with Gasteiger partial charge >= 0.3 is 6.03 Å². The lowest BCUT2D eigenvalue weighted by atomic mass is 10.2. The van der Waals surface area contributed by atoms with Gasteiger partial charge in [-0.05, 0) is 12.1 Å². The fourth-order valence-corrected chi connectivity index (χ4v) is 1.07. The van der Waals surface area contributed by atoms with Crippen molar-refractivity contribution in [2.24, 2.45) is 10.8 Å². The fraction of sp³-hybridized carbons (Fsp3) is 0.111. The number of hydrogen-bond acceptors (Lipinski definition) is 4. The van der Waals surface area contributed by atoms with Crippen LogP contribution in [0.2, 0.25) is 0 Å². The van der Waals surface area contributed by atoms with Crippen molar-refractivity contribution in [3.63, 3.8) is 0 Å². The first kappa shape index (κ1) is 10.8. The van der Waals surface area contributed by atoms with E-state index in [2.05, 4.69) is 10.4 Å². The summed E-state index contributed by atoms with van der Waals surface area (Å²) in [4.78, 5) is 10.3. The van der Waals surface area contributed by atoms with E-state index in [0.717, 1.165) is 0 Å². The first-order chi connectivity index (χ1) is 7.15. The maximum absolute atomic E-state index is 10.3. The van der Waals surface area contributed by atoms with E-state index in [1.54, 1.807) is 19.2 Å². The second-order valence-electron chi connectivity index (χ2n) is 2.72. The molecule has 1 aromatic carbocycles. The van der Waals surface area contributed by atoms with E-state index >= 15 is 0 Å². The van der Waals surface area contributed by atoms with Gasteiger partial charge in [-0.25, -0.2) is 10.2 Å². The number of rotatable bonds is 3. The van der Waals surface area contributed by atoms with E-state index in [-0.39, 0.29) is 5.75 Å². The van der Waals surface area contributed by atoms with Crippen LogP contribution in [-0.4, -0.2) is 24.4 Å². The first-order valence-electron chi connectivity index (χ1n) is 4.23. The molecule has 0 fully saturated rings. The van der Waals surface area contributed by atoms with Crippen molar-refractivity contribution in [2.75, 3.05) is 12.4 Å². The Hall–Kier alpha value is -2.24. The molecule has 0 atom stereocenters. The molecule has 15 heavy (non-hydrogen) atoms. The van der Waals surface area contributed by atoms with Crippen molar-refractivity contribution in [2.45, 2.75) is 0 Å². The Morgan fingerprint density at radius 1 is 1.60 bits per heavy atom. The highest BCUT2D eigenvalue weighted by molar-refractivity contribution is 5.91. The molecule has 1 rings (SSSR count). The quantitative estimate of drug-likeness (QED) is 0.428. The predicted molar refractivity (Wildman–Crippen MR) is 58.0 cm³/mol. The molecule has 0 aliphatic heterocycles. The van der Waals surface area contributed by atoms with Crippen LogP contribution in [0, 0.1) is 0 Å². The molecular weight excluding hydrogens is 196 g/mol. The summed E-state index contributed by atoms with van der Waals surface area (Å²) in [5, 5.41) is 16.0. The number of nitrogens with one attached hydrogen (secondary N) is 2. The number of carbonyl (C=O) groups excluding carboxylic acids is 1. The van der Waals surface area contributed by atoms with Gasteiger partial charge in [0.15, 0.2) is 0 Å². The summed E-state index contributed by atoms with van der Waals surface area (Å²) in [5.74, 6) is 0.0665. The Morgan fingerprint density at radius 2 is 2.33 bits per heavy atom. The van der Waals surface area contributed by atoms with Crippen molar-refractivity contribution in [3.8, 4) is 5.75 Å². The SMILES string of the molecule is CNc1cccc(O)c1C=NNC(N)=O. The summed E-state index contributed by atoms with van der Waals surface area (Å²) >= 11 is 0. The number of primary amides is 1. The third-order valence-corrected chi connectivity index (χ3v) is 1.72. The summed E-state index contributed by atoms with van der Waals surface area (Å²) in [6.07, 6.45) is 1.31. The topological polar surface area (TPSA) is 99.7 Å². The summed E-state index contributed by atoms with van der Waals surface area (Å²) in [6.45, 7) is 0. The molecule has 0 bridgehead atoms. The van der Waals surface area contributed by atoms with E-state index in [1.165, 1.54) is 12.3 Å². The molecule has 6 heteroatoms. The van der Waals surface area contributed by atoms with Crippen molar-refractivity contribution in [3.05, 3.63) is 23.8 Å². The van der Waals surface area contributed by atoms with Crippen molar-refractivity contribution in [1.29, 1.82) is 0 Å². The molecule has 0 heterocycles. The molecule has 0 aromatic heterocycles. The van der Waals surface area contributed by atoms with Crippen LogP contribution in [-0.2, 0) is 0 Å². The number of hydrogen-bond donors (Lipinski definition) is 4. The van der Waals surface area contributed by atoms with Gasteiger partial charge in [0.2, 0.25) is 0 Å². The maximum Gasteiger partial charge on any atom is 0.332 e. The van der Waals surface area contributed by atoms with Gasteiger partial charge in [-0.15, -0.1) is 0 Å². The smallest absolute Gasteiger partial charge is 0.332 e. The second-order valence-corrected chi connectivity index (χ2v) is 2.72. The lowest BCUT2D eigenvalue weighted by Crippen LogP contribution is -2.24. The van der Waals surface area contributed by atoms with E-state index in [1.807, 2.05) is 5.43 Å². The van der Waals surface area contributed by atoms with Crippen LogP contribution < -0.4 is 16.5 Å². The van der Waals surface area contributed by atoms with Crippen LogP contribution in [0.25, 0.3) is 0 Å². The van der Waals surface area contributed by atoms with Crippen LogP contribution in [0.15, 0.2) is 23.3 Å². The van der Waals surface area contributed by atoms with E-state index < -0.39 is 6.03 Å². The second kappa shape index (κ2) is 4.85. The molecule has 2 amide bonds. The van der Waals surface area contributed by atoms with Crippen LogP contribution >= 0.6 is 0 Å². The number of amides is 2. The number of nitrogens with two attached hydrogens (primary N) is 1. The molecule has 80 valence electrons. The minimum atomic E-state index is -0.757. The van der Waals surface area contributed by atoms with E-state index in [4.69, 9.17) is 5.73 Å². The molecule has 6 nitrogen and oxygen atoms in total. The number of phenols is 1. The van der Waals surface area contributed by atoms with Gasteiger partial charge < -0.3 is 16.2 Å². The Bertz CT molecular complexity index is 390. The Kier molecular flexibility index (Phi) is 3.50. The van der Waals surface area contributed by atoms with E-state index in [9.17, 15) is 9.90 Å². The fourth-order valence-electron chi connectivity index (χ4n) is 1.07. The number of urea groups is 1. The zero-order chi connectivity index (χ0) is 11.3. The minimum Gasteiger partial charge on any atom is -0.507 e. The third kappa shape index (κ3) is 2.87. The summed E-state index contributed by atoms with van der Waals surface area (Å²) in [5.41, 5.74) is 8.04. The van der Waals surface area contributed by atoms with E-state index in [0.29, 0.717) is 11.3 Å². The van der Waals surface area contributed by atoms with Gasteiger partial charge in [-0.1, -0.05) is 6.07 Å². The number of phenolic OH excluding ortho intramolecular Hbond substituents is 1. The molecular formula is C9H12N4O2. The highest BCUT2D eigenvalue weighted by Gasteiger charge is 2.03. The van der Waals surface area contributed by atoms with Crippen molar-refractivity contribution in [1.82, 2.24) is 5.43 Å². The highest BCUT2D eigenvalue weighted by atomic mass is 16.3. The van der Waals surface area contributed by atoms with Gasteiger partial charge in [0.25, 0.3) is 0 Å². The first-order valence-corrected chi connectivity index (χ1v) is 4.23. The van der Waals surface area contributed by atoms with Gasteiger partial charge in [0.05, 0.1) is 11.8 Å². The Labute approximate surface area is 86.8 Å². The number of aromatic hydroxyl groups is 1. The molecule has 0 unspecified atom stereocenters. The number of benzene rings is 1. The number of anilines is 1. The standard InChI is InChI=1S/C9H12N4O2/c1-11-7-3-2-4-8(14)6(7)5-12-13-9(10)15/h2-5,11,14H,1H3,(H3,10,13,15). The van der Waals surface area contributed by atoms with Crippen molar-refractivity contribution >= 4 is 17.9 Å². The number of hydrazone groups is 1.